The summed E-state index contributed by atoms with van der Waals surface area (Å²) < 4.78 is 6.57. The second-order valence-electron chi connectivity index (χ2n) is 6.43. The van der Waals surface area contributed by atoms with Crippen molar-refractivity contribution in [1.82, 2.24) is 10.3 Å². The molecule has 25 heavy (non-hydrogen) atoms. The Kier molecular flexibility index (Phi) is 5.92. The van der Waals surface area contributed by atoms with E-state index in [2.05, 4.69) is 45.3 Å². The lowest BCUT2D eigenvalue weighted by Crippen LogP contribution is -2.49. The number of nitrogens with one attached hydrogen (secondary N) is 1. The number of benzene rings is 1. The molecule has 0 aliphatic carbocycles. The lowest BCUT2D eigenvalue weighted by molar-refractivity contribution is 0.0346. The molecular formula is C19H23BrN2O2S. The summed E-state index contributed by atoms with van der Waals surface area (Å²) in [5.74, 6) is -0.0285. The molecule has 134 valence electrons. The van der Waals surface area contributed by atoms with Gasteiger partial charge >= 0.3 is 0 Å². The number of thiazole rings is 1. The molecule has 3 rings (SSSR count). The largest absolute Gasteiger partial charge is 0.381 e. The van der Waals surface area contributed by atoms with E-state index in [1.807, 2.05) is 19.1 Å². The third-order valence-electron chi connectivity index (χ3n) is 4.59. The Balaban J connectivity index is 1.89. The minimum absolute atomic E-state index is 0.0285. The van der Waals surface area contributed by atoms with Gasteiger partial charge in [-0.1, -0.05) is 35.0 Å². The Morgan fingerprint density at radius 3 is 2.84 bits per heavy atom. The van der Waals surface area contributed by atoms with Crippen LogP contribution in [-0.4, -0.2) is 24.1 Å². The smallest absolute Gasteiger partial charge is 0.263 e. The van der Waals surface area contributed by atoms with Crippen molar-refractivity contribution in [1.29, 1.82) is 0 Å². The molecule has 0 saturated carbocycles. The van der Waals surface area contributed by atoms with Gasteiger partial charge in [-0.2, -0.15) is 0 Å². The van der Waals surface area contributed by atoms with E-state index in [9.17, 15) is 4.79 Å². The van der Waals surface area contributed by atoms with Crippen molar-refractivity contribution >= 4 is 33.2 Å². The van der Waals surface area contributed by atoms with Gasteiger partial charge < -0.3 is 10.1 Å². The average Bonchev–Trinajstić information content (AvgIpc) is 2.97. The summed E-state index contributed by atoms with van der Waals surface area (Å²) in [5, 5.41) is 4.35. The molecule has 1 N–H and O–H groups in total. The Bertz CT molecular complexity index is 754. The van der Waals surface area contributed by atoms with Crippen LogP contribution in [0.15, 0.2) is 28.7 Å². The maximum Gasteiger partial charge on any atom is 0.263 e. The molecule has 1 aromatic carbocycles. The highest BCUT2D eigenvalue weighted by Crippen LogP contribution is 2.34. The van der Waals surface area contributed by atoms with Crippen molar-refractivity contribution in [2.24, 2.45) is 0 Å². The maximum atomic E-state index is 13.0. The number of hydrogen-bond acceptors (Lipinski definition) is 4. The number of carbonyl (C=O) groups is 1. The van der Waals surface area contributed by atoms with E-state index in [4.69, 9.17) is 4.74 Å². The third kappa shape index (κ3) is 4.13. The number of rotatable bonds is 5. The highest BCUT2D eigenvalue weighted by atomic mass is 79.9. The van der Waals surface area contributed by atoms with Crippen LogP contribution in [-0.2, 0) is 16.7 Å². The zero-order valence-corrected chi connectivity index (χ0v) is 17.0. The SMILES string of the molecule is CCCc1nc(C)c(C(=O)NC2(c3cccc(Br)c3)CCOCC2)s1. The summed E-state index contributed by atoms with van der Waals surface area (Å²) in [5.41, 5.74) is 1.55. The molecule has 1 fully saturated rings. The number of hydrogen-bond donors (Lipinski definition) is 1. The van der Waals surface area contributed by atoms with Gasteiger partial charge in [0.15, 0.2) is 0 Å². The maximum absolute atomic E-state index is 13.0. The Morgan fingerprint density at radius 2 is 2.16 bits per heavy atom. The van der Waals surface area contributed by atoms with Crippen LogP contribution >= 0.6 is 27.3 Å². The van der Waals surface area contributed by atoms with Gasteiger partial charge in [0.25, 0.3) is 5.91 Å². The van der Waals surface area contributed by atoms with Crippen molar-refractivity contribution in [3.8, 4) is 0 Å². The second-order valence-corrected chi connectivity index (χ2v) is 8.43. The first kappa shape index (κ1) is 18.5. The van der Waals surface area contributed by atoms with Gasteiger partial charge in [0.2, 0.25) is 0 Å². The van der Waals surface area contributed by atoms with Crippen molar-refractivity contribution in [2.45, 2.75) is 45.1 Å². The van der Waals surface area contributed by atoms with Crippen LogP contribution < -0.4 is 5.32 Å². The lowest BCUT2D eigenvalue weighted by Gasteiger charge is -2.38. The topological polar surface area (TPSA) is 51.2 Å². The van der Waals surface area contributed by atoms with E-state index >= 15 is 0 Å². The van der Waals surface area contributed by atoms with Gasteiger partial charge in [0.1, 0.15) is 4.88 Å². The van der Waals surface area contributed by atoms with E-state index in [-0.39, 0.29) is 11.4 Å². The minimum atomic E-state index is -0.388. The molecule has 0 atom stereocenters. The van der Waals surface area contributed by atoms with Gasteiger partial charge in [-0.3, -0.25) is 4.79 Å². The summed E-state index contributed by atoms with van der Waals surface area (Å²) in [6.07, 6.45) is 3.50. The van der Waals surface area contributed by atoms with Crippen molar-refractivity contribution in [3.05, 3.63) is 49.9 Å². The van der Waals surface area contributed by atoms with Gasteiger partial charge in [0.05, 0.1) is 16.2 Å². The number of amides is 1. The average molecular weight is 423 g/mol. The zero-order chi connectivity index (χ0) is 17.9. The fourth-order valence-corrected chi connectivity index (χ4v) is 4.71. The van der Waals surface area contributed by atoms with Crippen molar-refractivity contribution in [2.75, 3.05) is 13.2 Å². The quantitative estimate of drug-likeness (QED) is 0.765. The predicted octanol–water partition coefficient (Wildman–Crippen LogP) is 4.60. The number of aromatic nitrogens is 1. The summed E-state index contributed by atoms with van der Waals surface area (Å²) in [7, 11) is 0. The highest BCUT2D eigenvalue weighted by molar-refractivity contribution is 9.10. The van der Waals surface area contributed by atoms with Crippen LogP contribution in [0.1, 0.15) is 52.1 Å². The van der Waals surface area contributed by atoms with Crippen LogP contribution in [0, 0.1) is 6.92 Å². The van der Waals surface area contributed by atoms with Gasteiger partial charge in [-0.25, -0.2) is 4.98 Å². The number of nitrogens with zero attached hydrogens (tertiary/aromatic N) is 1. The first-order chi connectivity index (χ1) is 12.0. The molecule has 1 saturated heterocycles. The standard InChI is InChI=1S/C19H23BrN2O2S/c1-3-5-16-21-13(2)17(25-16)18(23)22-19(8-10-24-11-9-19)14-6-4-7-15(20)12-14/h4,6-7,12H,3,5,8-11H2,1-2H3,(H,22,23). The minimum Gasteiger partial charge on any atom is -0.381 e. The fourth-order valence-electron chi connectivity index (χ4n) is 3.25. The molecule has 4 nitrogen and oxygen atoms in total. The molecule has 6 heteroatoms. The normalized spacial score (nSPS) is 16.6. The van der Waals surface area contributed by atoms with E-state index in [1.165, 1.54) is 11.3 Å². The van der Waals surface area contributed by atoms with E-state index in [1.54, 1.807) is 0 Å². The van der Waals surface area contributed by atoms with Gasteiger partial charge in [0, 0.05) is 17.7 Å². The van der Waals surface area contributed by atoms with Crippen LogP contribution in [0.3, 0.4) is 0 Å². The summed E-state index contributed by atoms with van der Waals surface area (Å²) in [6.45, 7) is 5.34. The van der Waals surface area contributed by atoms with E-state index < -0.39 is 0 Å². The fraction of sp³-hybridized carbons (Fsp3) is 0.474. The summed E-state index contributed by atoms with van der Waals surface area (Å²) >= 11 is 5.06. The monoisotopic (exact) mass is 422 g/mol. The lowest BCUT2D eigenvalue weighted by atomic mass is 9.82. The molecule has 0 spiro atoms. The molecule has 1 aromatic heterocycles. The van der Waals surface area contributed by atoms with Crippen molar-refractivity contribution < 1.29 is 9.53 Å². The molecule has 0 unspecified atom stereocenters. The van der Waals surface area contributed by atoms with E-state index in [0.717, 1.165) is 51.3 Å². The third-order valence-corrected chi connectivity index (χ3v) is 6.30. The zero-order valence-electron chi connectivity index (χ0n) is 14.6. The molecule has 1 amide bonds. The predicted molar refractivity (Wildman–Crippen MR) is 104 cm³/mol. The molecule has 0 radical (unpaired) electrons. The van der Waals surface area contributed by atoms with Crippen LogP contribution in [0.2, 0.25) is 0 Å². The first-order valence-electron chi connectivity index (χ1n) is 8.67. The van der Waals surface area contributed by atoms with Gasteiger partial charge in [-0.05, 0) is 50.3 Å². The van der Waals surface area contributed by atoms with Gasteiger partial charge in [-0.15, -0.1) is 11.3 Å². The summed E-state index contributed by atoms with van der Waals surface area (Å²) in [4.78, 5) is 18.3. The molecule has 1 aliphatic heterocycles. The Morgan fingerprint density at radius 1 is 1.40 bits per heavy atom. The second kappa shape index (κ2) is 7.98. The molecule has 1 aliphatic rings. The van der Waals surface area contributed by atoms with E-state index in [0.29, 0.717) is 13.2 Å². The first-order valence-corrected chi connectivity index (χ1v) is 10.3. The van der Waals surface area contributed by atoms with Crippen LogP contribution in [0.25, 0.3) is 0 Å². The molecule has 0 bridgehead atoms. The number of carbonyl (C=O) groups excluding carboxylic acids is 1. The van der Waals surface area contributed by atoms with Crippen LogP contribution in [0.4, 0.5) is 0 Å². The number of halogens is 1. The molecule has 2 heterocycles. The summed E-state index contributed by atoms with van der Waals surface area (Å²) in [6, 6.07) is 8.19. The Labute approximate surface area is 161 Å². The Hall–Kier alpha value is -1.24. The van der Waals surface area contributed by atoms with Crippen molar-refractivity contribution in [3.63, 3.8) is 0 Å². The number of aryl methyl sites for hydroxylation is 2. The molecule has 2 aromatic rings. The van der Waals surface area contributed by atoms with Crippen LogP contribution in [0.5, 0.6) is 0 Å². The molecular weight excluding hydrogens is 400 g/mol. The number of ether oxygens (including phenoxy) is 1. The highest BCUT2D eigenvalue weighted by Gasteiger charge is 2.37.